The number of guanidine groups is 4. The summed E-state index contributed by atoms with van der Waals surface area (Å²) in [7, 11) is 1.36. The van der Waals surface area contributed by atoms with Gasteiger partial charge in [0.05, 0.1) is 94.4 Å². The summed E-state index contributed by atoms with van der Waals surface area (Å²) in [6, 6.07) is 78.5. The van der Waals surface area contributed by atoms with Gasteiger partial charge in [0.2, 0.25) is 23.8 Å². The first-order chi connectivity index (χ1) is 45.3. The van der Waals surface area contributed by atoms with Gasteiger partial charge in [-0.3, -0.25) is 0 Å². The van der Waals surface area contributed by atoms with Gasteiger partial charge in [0.1, 0.15) is 0 Å². The fraction of sp³-hybridized carbons (Fsp3) is 0.0800. The van der Waals surface area contributed by atoms with E-state index in [0.29, 0.717) is 63.9 Å². The minimum Gasteiger partial charge on any atom is -0.465 e. The van der Waals surface area contributed by atoms with Gasteiger partial charge < -0.3 is 47.3 Å². The number of benzene rings is 12. The quantitative estimate of drug-likeness (QED) is 0.0536. The standard InChI is InChI=1S/C20H17N3O2.C19H17N3S.C18H14BrN3.C18H13Cl2N3/c1-25-19(24)14-7-3-9-16(11-14)22-20(21)23-12-15-8-2-5-13-6-4-10-17(23)18(13)15;1-23-16-9-4-8-15(11-16)21-19(20)22-12-14-7-2-5-13-6-3-10-17(22)18(13)14;19-14-7-3-8-15(10-14)21-18(20)22-11-13-6-1-4-12-5-2-9-16(22)17(12)13;19-13-7-3-8-14(17(13)20)22-18(21)23-10-12-6-1-4-11-5-2-9-15(23)16(11)12/h2-11H,12H2,1H3,(H2,21,22);2-11H,12H2,1H3,(H2,20,21);1-10H,11H2,(H2,20,21);1-9H,10H2,(H2,21,22). The smallest absolute Gasteiger partial charge is 0.337 e. The number of ether oxygens (including phenoxy) is 1. The van der Waals surface area contributed by atoms with Crippen LogP contribution in [0.5, 0.6) is 0 Å². The number of methoxy groups -OCH3 is 1. The van der Waals surface area contributed by atoms with Crippen LogP contribution in [0.2, 0.25) is 10.0 Å². The maximum atomic E-state index is 11.7. The molecule has 0 aromatic heterocycles. The van der Waals surface area contributed by atoms with E-state index in [1.54, 1.807) is 48.2 Å². The van der Waals surface area contributed by atoms with Gasteiger partial charge in [-0.2, -0.15) is 0 Å². The fourth-order valence-corrected chi connectivity index (χ4v) is 13.4. The van der Waals surface area contributed by atoms with Crippen molar-refractivity contribution in [2.75, 3.05) is 33.0 Å². The highest BCUT2D eigenvalue weighted by Crippen LogP contribution is 2.42. The molecule has 0 amide bonds. The van der Waals surface area contributed by atoms with E-state index in [-0.39, 0.29) is 0 Å². The molecule has 4 heterocycles. The third-order valence-corrected chi connectivity index (χ3v) is 18.5. The molecule has 14 nitrogen and oxygen atoms in total. The van der Waals surface area contributed by atoms with Crippen LogP contribution >= 0.6 is 50.9 Å². The monoisotopic (exact) mass is 1340 g/mol. The molecular formula is C75H61BrCl2N12O2S. The number of anilines is 4. The number of nitrogens with two attached hydrogens (primary N) is 4. The van der Waals surface area contributed by atoms with Gasteiger partial charge in [-0.25, -0.2) is 24.8 Å². The van der Waals surface area contributed by atoms with Crippen molar-refractivity contribution in [2.45, 2.75) is 31.1 Å². The molecule has 12 aromatic carbocycles. The molecular weight excluding hydrogens is 1280 g/mol. The van der Waals surface area contributed by atoms with Crippen molar-refractivity contribution in [3.05, 3.63) is 279 Å². The number of esters is 1. The number of aliphatic imine (C=N–C) groups is 4. The number of carbonyl (C=O) groups is 1. The predicted octanol–water partition coefficient (Wildman–Crippen LogP) is 17.8. The highest BCUT2D eigenvalue weighted by molar-refractivity contribution is 9.10. The zero-order chi connectivity index (χ0) is 64.3. The SMILES string of the molecule is COC(=O)c1cccc(N=C(N)N2Cc3cccc4cccc2c34)c1.CSc1cccc(N=C(N)N2Cc3cccc4cccc2c34)c1.NC(=Nc1cccc(Br)c1)N1Cc2cccc3cccc1c23.NC(=Nc1cccc(Cl)c1Cl)N1Cc2cccc3cccc1c23. The topological polar surface area (TPSA) is 193 Å². The summed E-state index contributed by atoms with van der Waals surface area (Å²) in [5.41, 5.74) is 38.0. The Labute approximate surface area is 560 Å². The van der Waals surface area contributed by atoms with Crippen molar-refractivity contribution in [2.24, 2.45) is 42.9 Å². The molecule has 0 atom stereocenters. The van der Waals surface area contributed by atoms with E-state index in [2.05, 4.69) is 191 Å². The predicted molar refractivity (Wildman–Crippen MR) is 392 cm³/mol. The second kappa shape index (κ2) is 26.8. The lowest BCUT2D eigenvalue weighted by molar-refractivity contribution is 0.0600. The molecule has 460 valence electrons. The van der Waals surface area contributed by atoms with Crippen LogP contribution in [-0.4, -0.2) is 43.2 Å². The summed E-state index contributed by atoms with van der Waals surface area (Å²) in [5.74, 6) is 1.45. The Morgan fingerprint density at radius 3 is 1.17 bits per heavy atom. The lowest BCUT2D eigenvalue weighted by atomic mass is 10.1. The van der Waals surface area contributed by atoms with Gasteiger partial charge in [0, 0.05) is 30.9 Å². The molecule has 4 aliphatic rings. The van der Waals surface area contributed by atoms with E-state index in [4.69, 9.17) is 50.9 Å². The molecule has 12 aromatic rings. The van der Waals surface area contributed by atoms with Crippen LogP contribution in [-0.2, 0) is 30.9 Å². The molecule has 18 heteroatoms. The summed E-state index contributed by atoms with van der Waals surface area (Å²) in [4.78, 5) is 39.2. The van der Waals surface area contributed by atoms with Crippen molar-refractivity contribution in [1.82, 2.24) is 0 Å². The number of nitrogens with zero attached hydrogens (tertiary/aromatic N) is 8. The number of hydrogen-bond acceptors (Lipinski definition) is 7. The summed E-state index contributed by atoms with van der Waals surface area (Å²) in [6.07, 6.45) is 2.06. The summed E-state index contributed by atoms with van der Waals surface area (Å²) < 4.78 is 5.74. The van der Waals surface area contributed by atoms with Crippen molar-refractivity contribution >= 4 is 169 Å². The Morgan fingerprint density at radius 2 is 0.774 bits per heavy atom. The van der Waals surface area contributed by atoms with Crippen molar-refractivity contribution in [1.29, 1.82) is 0 Å². The highest BCUT2D eigenvalue weighted by Gasteiger charge is 2.28. The number of carbonyl (C=O) groups excluding carboxylic acids is 1. The van der Waals surface area contributed by atoms with Crippen LogP contribution in [0.3, 0.4) is 0 Å². The minimum absolute atomic E-state index is 0.394. The number of thioether (sulfide) groups is 1. The fourth-order valence-electron chi connectivity index (χ4n) is 12.2. The summed E-state index contributed by atoms with van der Waals surface area (Å²) in [5, 5.41) is 10.8. The van der Waals surface area contributed by atoms with Crippen LogP contribution in [0.1, 0.15) is 32.6 Å². The van der Waals surface area contributed by atoms with E-state index >= 15 is 0 Å². The zero-order valence-corrected chi connectivity index (χ0v) is 54.5. The Morgan fingerprint density at radius 1 is 0.430 bits per heavy atom. The Hall–Kier alpha value is -10.4. The second-order valence-corrected chi connectivity index (χ2v) is 24.8. The first-order valence-corrected chi connectivity index (χ1v) is 32.6. The third kappa shape index (κ3) is 12.7. The average molecular weight is 1350 g/mol. The van der Waals surface area contributed by atoms with Gasteiger partial charge in [0.15, 0.2) is 0 Å². The molecule has 0 saturated carbocycles. The van der Waals surface area contributed by atoms with Crippen LogP contribution in [0, 0.1) is 0 Å². The first kappa shape index (κ1) is 61.5. The summed E-state index contributed by atoms with van der Waals surface area (Å²) in [6.45, 7) is 2.92. The van der Waals surface area contributed by atoms with Gasteiger partial charge in [-0.1, -0.05) is 185 Å². The molecule has 0 bridgehead atoms. The first-order valence-electron chi connectivity index (χ1n) is 29.8. The largest absolute Gasteiger partial charge is 0.465 e. The highest BCUT2D eigenvalue weighted by atomic mass is 79.9. The van der Waals surface area contributed by atoms with Crippen LogP contribution in [0.15, 0.2) is 266 Å². The number of halogens is 3. The van der Waals surface area contributed by atoms with E-state index in [9.17, 15) is 4.79 Å². The zero-order valence-electron chi connectivity index (χ0n) is 50.6. The molecule has 0 radical (unpaired) electrons. The van der Waals surface area contributed by atoms with E-state index in [1.807, 2.05) is 70.5 Å². The van der Waals surface area contributed by atoms with Crippen molar-refractivity contribution in [3.8, 4) is 0 Å². The Kier molecular flexibility index (Phi) is 17.7. The van der Waals surface area contributed by atoms with Gasteiger partial charge in [-0.05, 0) is 141 Å². The summed E-state index contributed by atoms with van der Waals surface area (Å²) >= 11 is 17.4. The molecule has 0 aliphatic carbocycles. The van der Waals surface area contributed by atoms with Crippen molar-refractivity contribution in [3.63, 3.8) is 0 Å². The molecule has 8 N–H and O–H groups in total. The van der Waals surface area contributed by atoms with E-state index in [0.717, 1.165) is 51.7 Å². The van der Waals surface area contributed by atoms with Crippen LogP contribution in [0.25, 0.3) is 43.1 Å². The number of rotatable bonds is 6. The van der Waals surface area contributed by atoms with E-state index < -0.39 is 5.97 Å². The average Bonchev–Trinajstić information content (AvgIpc) is 1.66. The van der Waals surface area contributed by atoms with Crippen molar-refractivity contribution < 1.29 is 9.53 Å². The van der Waals surface area contributed by atoms with Gasteiger partial charge >= 0.3 is 5.97 Å². The Bertz CT molecular complexity index is 5020. The molecule has 4 aliphatic heterocycles. The maximum absolute atomic E-state index is 11.7. The Balaban J connectivity index is 0.000000113. The molecule has 0 spiro atoms. The van der Waals surface area contributed by atoms with Crippen LogP contribution in [0.4, 0.5) is 45.5 Å². The molecule has 93 heavy (non-hydrogen) atoms. The lowest BCUT2D eigenvalue weighted by Crippen LogP contribution is -2.34. The van der Waals surface area contributed by atoms with E-state index in [1.165, 1.54) is 77.3 Å². The second-order valence-electron chi connectivity index (χ2n) is 22.2. The number of hydrogen-bond donors (Lipinski definition) is 4. The molecule has 0 fully saturated rings. The van der Waals surface area contributed by atoms with Gasteiger partial charge in [0.25, 0.3) is 0 Å². The van der Waals surface area contributed by atoms with Gasteiger partial charge in [-0.15, -0.1) is 11.8 Å². The molecule has 0 saturated heterocycles. The lowest BCUT2D eigenvalue weighted by Gasteiger charge is -2.18. The minimum atomic E-state index is -0.394. The van der Waals surface area contributed by atoms with Crippen LogP contribution < -0.4 is 42.5 Å². The third-order valence-electron chi connectivity index (χ3n) is 16.5. The molecule has 16 rings (SSSR count). The molecule has 0 unspecified atom stereocenters. The maximum Gasteiger partial charge on any atom is 0.337 e. The normalized spacial score (nSPS) is 13.7.